The van der Waals surface area contributed by atoms with Crippen LogP contribution in [0.25, 0.3) is 12.2 Å². The highest BCUT2D eigenvalue weighted by Crippen LogP contribution is 2.21. The summed E-state index contributed by atoms with van der Waals surface area (Å²) in [5, 5.41) is 9.36. The van der Waals surface area contributed by atoms with Gasteiger partial charge in [-0.1, -0.05) is 42.5 Å². The quantitative estimate of drug-likeness (QED) is 0.789. The first kappa shape index (κ1) is 15.9. The van der Waals surface area contributed by atoms with Crippen LogP contribution in [0.15, 0.2) is 55.1 Å². The van der Waals surface area contributed by atoms with Crippen molar-refractivity contribution < 1.29 is 14.6 Å². The Hall–Kier alpha value is -2.52. The fraction of sp³-hybridized carbons (Fsp3) is 0.0556. The third-order valence-electron chi connectivity index (χ3n) is 3.00. The number of carboxylic acids is 1. The van der Waals surface area contributed by atoms with Crippen molar-refractivity contribution in [3.63, 3.8) is 0 Å². The largest absolute Gasteiger partial charge is 0.489 e. The van der Waals surface area contributed by atoms with Crippen LogP contribution in [-0.2, 0) is 11.4 Å². The molecule has 0 saturated carbocycles. The number of hydrogen-bond acceptors (Lipinski definition) is 2. The number of halogens is 1. The molecular formula is C18H15ClO3. The summed E-state index contributed by atoms with van der Waals surface area (Å²) in [5.41, 5.74) is 2.60. The number of rotatable bonds is 6. The van der Waals surface area contributed by atoms with Gasteiger partial charge < -0.3 is 9.84 Å². The lowest BCUT2D eigenvalue weighted by Gasteiger charge is -2.09. The summed E-state index contributed by atoms with van der Waals surface area (Å²) < 4.78 is 5.72. The van der Waals surface area contributed by atoms with Gasteiger partial charge in [0.05, 0.1) is 0 Å². The average Bonchev–Trinajstić information content (AvgIpc) is 2.52. The number of benzene rings is 2. The molecule has 0 atom stereocenters. The molecule has 0 spiro atoms. The van der Waals surface area contributed by atoms with Gasteiger partial charge in [0.2, 0.25) is 0 Å². The van der Waals surface area contributed by atoms with Gasteiger partial charge in [-0.25, -0.2) is 4.79 Å². The third-order valence-corrected chi connectivity index (χ3v) is 3.25. The van der Waals surface area contributed by atoms with Crippen LogP contribution in [0.4, 0.5) is 0 Å². The Morgan fingerprint density at radius 2 is 1.91 bits per heavy atom. The zero-order valence-corrected chi connectivity index (χ0v) is 12.6. The predicted molar refractivity (Wildman–Crippen MR) is 89.0 cm³/mol. The van der Waals surface area contributed by atoms with E-state index in [2.05, 4.69) is 6.58 Å². The molecule has 0 aliphatic heterocycles. The van der Waals surface area contributed by atoms with Crippen molar-refractivity contribution in [1.29, 1.82) is 0 Å². The molecule has 0 unspecified atom stereocenters. The number of ether oxygens (including phenoxy) is 1. The Morgan fingerprint density at radius 1 is 1.18 bits per heavy atom. The highest BCUT2D eigenvalue weighted by Gasteiger charge is 2.02. The maximum atomic E-state index is 10.6. The molecule has 2 rings (SSSR count). The fourth-order valence-electron chi connectivity index (χ4n) is 1.88. The lowest BCUT2D eigenvalue weighted by Crippen LogP contribution is -1.96. The van der Waals surface area contributed by atoms with Crippen LogP contribution in [0.2, 0.25) is 5.02 Å². The molecule has 4 heteroatoms. The zero-order valence-electron chi connectivity index (χ0n) is 11.8. The summed E-state index contributed by atoms with van der Waals surface area (Å²) in [4.78, 5) is 10.6. The van der Waals surface area contributed by atoms with Gasteiger partial charge in [0.15, 0.2) is 0 Å². The second-order valence-corrected chi connectivity index (χ2v) is 5.02. The molecule has 0 saturated heterocycles. The maximum absolute atomic E-state index is 10.6. The topological polar surface area (TPSA) is 46.5 Å². The van der Waals surface area contributed by atoms with Gasteiger partial charge >= 0.3 is 5.97 Å². The Kier molecular flexibility index (Phi) is 5.39. The second-order valence-electron chi connectivity index (χ2n) is 4.58. The lowest BCUT2D eigenvalue weighted by atomic mass is 10.1. The third kappa shape index (κ3) is 4.50. The van der Waals surface area contributed by atoms with Gasteiger partial charge in [0, 0.05) is 11.1 Å². The van der Waals surface area contributed by atoms with Gasteiger partial charge in [0.1, 0.15) is 12.4 Å². The highest BCUT2D eigenvalue weighted by molar-refractivity contribution is 6.30. The Labute approximate surface area is 134 Å². The lowest BCUT2D eigenvalue weighted by molar-refractivity contribution is -0.131. The smallest absolute Gasteiger partial charge is 0.328 e. The van der Waals surface area contributed by atoms with Gasteiger partial charge in [-0.15, -0.1) is 0 Å². The van der Waals surface area contributed by atoms with Crippen molar-refractivity contribution in [3.05, 3.63) is 76.8 Å². The SMILES string of the molecule is C=Cc1cc(OCc2ccc(Cl)cc2)ccc1C=CC(=O)O. The van der Waals surface area contributed by atoms with Crippen molar-refractivity contribution in [2.45, 2.75) is 6.61 Å². The molecule has 0 radical (unpaired) electrons. The molecule has 0 heterocycles. The Bertz CT molecular complexity index is 703. The summed E-state index contributed by atoms with van der Waals surface area (Å²) in [6, 6.07) is 12.9. The summed E-state index contributed by atoms with van der Waals surface area (Å²) in [6.07, 6.45) is 4.29. The molecule has 0 fully saturated rings. The minimum atomic E-state index is -0.988. The number of carbonyl (C=O) groups is 1. The average molecular weight is 315 g/mol. The molecular weight excluding hydrogens is 300 g/mol. The van der Waals surface area contributed by atoms with E-state index >= 15 is 0 Å². The molecule has 0 aromatic heterocycles. The molecule has 22 heavy (non-hydrogen) atoms. The molecule has 2 aromatic carbocycles. The van der Waals surface area contributed by atoms with Gasteiger partial charge in [-0.05, 0) is 47.0 Å². The Balaban J connectivity index is 2.10. The van der Waals surface area contributed by atoms with E-state index in [-0.39, 0.29) is 0 Å². The van der Waals surface area contributed by atoms with Crippen LogP contribution in [-0.4, -0.2) is 11.1 Å². The number of aliphatic carboxylic acids is 1. The molecule has 1 N–H and O–H groups in total. The fourth-order valence-corrected chi connectivity index (χ4v) is 2.01. The van der Waals surface area contributed by atoms with Crippen LogP contribution >= 0.6 is 11.6 Å². The van der Waals surface area contributed by atoms with E-state index in [1.807, 2.05) is 30.3 Å². The second kappa shape index (κ2) is 7.48. The van der Waals surface area contributed by atoms with Crippen LogP contribution < -0.4 is 4.74 Å². The van der Waals surface area contributed by atoms with Gasteiger partial charge in [-0.3, -0.25) is 0 Å². The van der Waals surface area contributed by atoms with Gasteiger partial charge in [0.25, 0.3) is 0 Å². The number of hydrogen-bond donors (Lipinski definition) is 1. The molecule has 0 aliphatic rings. The van der Waals surface area contributed by atoms with E-state index in [9.17, 15) is 4.79 Å². The van der Waals surface area contributed by atoms with Gasteiger partial charge in [-0.2, -0.15) is 0 Å². The minimum absolute atomic E-state index is 0.429. The predicted octanol–water partition coefficient (Wildman–Crippen LogP) is 4.66. The molecule has 0 aliphatic carbocycles. The van der Waals surface area contributed by atoms with Crippen LogP contribution in [0, 0.1) is 0 Å². The Morgan fingerprint density at radius 3 is 2.55 bits per heavy atom. The van der Waals surface area contributed by atoms with E-state index in [1.54, 1.807) is 18.2 Å². The first-order valence-electron chi connectivity index (χ1n) is 6.63. The number of carboxylic acid groups (broad SMARTS) is 1. The summed E-state index contributed by atoms with van der Waals surface area (Å²) >= 11 is 5.84. The van der Waals surface area contributed by atoms with Crippen LogP contribution in [0.1, 0.15) is 16.7 Å². The molecule has 0 amide bonds. The summed E-state index contributed by atoms with van der Waals surface area (Å²) in [6.45, 7) is 4.16. The molecule has 0 bridgehead atoms. The van der Waals surface area contributed by atoms with E-state index < -0.39 is 5.97 Å². The highest BCUT2D eigenvalue weighted by atomic mass is 35.5. The summed E-state index contributed by atoms with van der Waals surface area (Å²) in [7, 11) is 0. The standard InChI is InChI=1S/C18H15ClO3/c1-2-14-11-17(9-5-15(14)6-10-18(20)21)22-12-13-3-7-16(19)8-4-13/h2-11H,1,12H2,(H,20,21). The van der Waals surface area contributed by atoms with Crippen LogP contribution in [0.5, 0.6) is 5.75 Å². The summed E-state index contributed by atoms with van der Waals surface area (Å²) in [5.74, 6) is -0.296. The first-order chi connectivity index (χ1) is 10.6. The monoisotopic (exact) mass is 314 g/mol. The minimum Gasteiger partial charge on any atom is -0.489 e. The van der Waals surface area contributed by atoms with Crippen molar-refractivity contribution in [3.8, 4) is 5.75 Å². The van der Waals surface area contributed by atoms with E-state index in [1.165, 1.54) is 6.08 Å². The van der Waals surface area contributed by atoms with E-state index in [0.717, 1.165) is 22.8 Å². The van der Waals surface area contributed by atoms with Crippen LogP contribution in [0.3, 0.4) is 0 Å². The zero-order chi connectivity index (χ0) is 15.9. The van der Waals surface area contributed by atoms with Crippen molar-refractivity contribution in [2.24, 2.45) is 0 Å². The van der Waals surface area contributed by atoms with Crippen molar-refractivity contribution in [2.75, 3.05) is 0 Å². The first-order valence-corrected chi connectivity index (χ1v) is 7.01. The van der Waals surface area contributed by atoms with E-state index in [0.29, 0.717) is 17.4 Å². The maximum Gasteiger partial charge on any atom is 0.328 e. The molecule has 2 aromatic rings. The molecule has 112 valence electrons. The van der Waals surface area contributed by atoms with Crippen molar-refractivity contribution in [1.82, 2.24) is 0 Å². The normalized spacial score (nSPS) is 10.6. The van der Waals surface area contributed by atoms with E-state index in [4.69, 9.17) is 21.4 Å². The molecule has 3 nitrogen and oxygen atoms in total. The van der Waals surface area contributed by atoms with Crippen molar-refractivity contribution >= 4 is 29.7 Å².